The molecular formula is C20H18O5. The topological polar surface area (TPSA) is 72.8 Å². The molecule has 0 amide bonds. The van der Waals surface area contributed by atoms with Crippen molar-refractivity contribution in [2.45, 2.75) is 26.1 Å². The molecule has 5 nitrogen and oxygen atoms in total. The Morgan fingerprint density at radius 1 is 0.960 bits per heavy atom. The number of aromatic hydroxyl groups is 1. The molecule has 1 fully saturated rings. The first-order chi connectivity index (χ1) is 11.8. The first-order valence-corrected chi connectivity index (χ1v) is 7.88. The van der Waals surface area contributed by atoms with Crippen molar-refractivity contribution in [1.29, 1.82) is 0 Å². The van der Waals surface area contributed by atoms with E-state index < -0.39 is 17.7 Å². The third kappa shape index (κ3) is 3.88. The number of benzene rings is 2. The fraction of sp³-hybridized carbons (Fsp3) is 0.200. The summed E-state index contributed by atoms with van der Waals surface area (Å²) in [5, 5.41) is 10.1. The molecular weight excluding hydrogens is 320 g/mol. The Hall–Kier alpha value is -3.08. The van der Waals surface area contributed by atoms with Crippen molar-refractivity contribution >= 4 is 18.0 Å². The molecule has 2 aromatic rings. The van der Waals surface area contributed by atoms with E-state index in [1.54, 1.807) is 12.1 Å². The van der Waals surface area contributed by atoms with Gasteiger partial charge < -0.3 is 14.6 Å². The quantitative estimate of drug-likeness (QED) is 0.528. The summed E-state index contributed by atoms with van der Waals surface area (Å²) in [4.78, 5) is 24.1. The Morgan fingerprint density at radius 2 is 1.60 bits per heavy atom. The van der Waals surface area contributed by atoms with E-state index in [2.05, 4.69) is 0 Å². The molecule has 0 spiro atoms. The van der Waals surface area contributed by atoms with Crippen LogP contribution in [-0.2, 0) is 25.5 Å². The summed E-state index contributed by atoms with van der Waals surface area (Å²) in [5.41, 5.74) is 2.17. The first kappa shape index (κ1) is 16.8. The maximum Gasteiger partial charge on any atom is 0.348 e. The lowest BCUT2D eigenvalue weighted by Gasteiger charge is -2.29. The molecule has 1 N–H and O–H groups in total. The summed E-state index contributed by atoms with van der Waals surface area (Å²) in [6, 6.07) is 14.9. The maximum absolute atomic E-state index is 12.0. The molecule has 1 aliphatic rings. The zero-order chi connectivity index (χ0) is 18.0. The number of phenols is 1. The summed E-state index contributed by atoms with van der Waals surface area (Å²) in [7, 11) is 0. The van der Waals surface area contributed by atoms with E-state index in [1.807, 2.05) is 30.3 Å². The third-order valence-corrected chi connectivity index (χ3v) is 3.76. The van der Waals surface area contributed by atoms with Crippen LogP contribution in [0, 0.1) is 0 Å². The Labute approximate surface area is 145 Å². The molecule has 1 saturated heterocycles. The van der Waals surface area contributed by atoms with Crippen molar-refractivity contribution in [3.8, 4) is 5.75 Å². The van der Waals surface area contributed by atoms with Gasteiger partial charge in [-0.2, -0.15) is 0 Å². The zero-order valence-corrected chi connectivity index (χ0v) is 14.0. The van der Waals surface area contributed by atoms with Crippen molar-refractivity contribution < 1.29 is 24.2 Å². The van der Waals surface area contributed by atoms with Crippen LogP contribution in [0.1, 0.15) is 30.5 Å². The van der Waals surface area contributed by atoms with Crippen molar-refractivity contribution in [2.24, 2.45) is 0 Å². The van der Waals surface area contributed by atoms with Crippen molar-refractivity contribution in [1.82, 2.24) is 0 Å². The molecule has 5 heteroatoms. The molecule has 0 radical (unpaired) electrons. The van der Waals surface area contributed by atoms with E-state index in [4.69, 9.17) is 9.47 Å². The van der Waals surface area contributed by atoms with E-state index in [1.165, 1.54) is 26.0 Å². The molecule has 128 valence electrons. The summed E-state index contributed by atoms with van der Waals surface area (Å²) in [6.07, 6.45) is 1.96. The predicted octanol–water partition coefficient (Wildman–Crippen LogP) is 3.20. The average Bonchev–Trinajstić information content (AvgIpc) is 2.54. The van der Waals surface area contributed by atoms with Gasteiger partial charge >= 0.3 is 11.9 Å². The molecule has 0 aromatic heterocycles. The van der Waals surface area contributed by atoms with E-state index in [9.17, 15) is 14.7 Å². The molecule has 0 saturated carbocycles. The lowest BCUT2D eigenvalue weighted by Crippen LogP contribution is -2.41. The highest BCUT2D eigenvalue weighted by Gasteiger charge is 2.38. The van der Waals surface area contributed by atoms with Crippen molar-refractivity contribution in [3.05, 3.63) is 70.8 Å². The van der Waals surface area contributed by atoms with E-state index in [0.29, 0.717) is 12.0 Å². The summed E-state index contributed by atoms with van der Waals surface area (Å²) >= 11 is 0. The van der Waals surface area contributed by atoms with Crippen LogP contribution in [-0.4, -0.2) is 22.8 Å². The van der Waals surface area contributed by atoms with E-state index in [-0.39, 0.29) is 11.3 Å². The maximum atomic E-state index is 12.0. The van der Waals surface area contributed by atoms with E-state index in [0.717, 1.165) is 11.1 Å². The molecule has 3 rings (SSSR count). The predicted molar refractivity (Wildman–Crippen MR) is 91.6 cm³/mol. The van der Waals surface area contributed by atoms with Gasteiger partial charge in [0.1, 0.15) is 11.3 Å². The van der Waals surface area contributed by atoms with Crippen LogP contribution in [0.25, 0.3) is 6.08 Å². The smallest absolute Gasteiger partial charge is 0.348 e. The van der Waals surface area contributed by atoms with Crippen LogP contribution in [0.2, 0.25) is 0 Å². The minimum atomic E-state index is -1.29. The summed E-state index contributed by atoms with van der Waals surface area (Å²) in [5.74, 6) is -2.86. The molecule has 0 unspecified atom stereocenters. The molecule has 0 atom stereocenters. The van der Waals surface area contributed by atoms with Crippen LogP contribution in [0.3, 0.4) is 0 Å². The second kappa shape index (κ2) is 6.43. The number of cyclic esters (lactones) is 2. The van der Waals surface area contributed by atoms with Gasteiger partial charge in [0.15, 0.2) is 0 Å². The molecule has 1 aliphatic heterocycles. The lowest BCUT2D eigenvalue weighted by molar-refractivity contribution is -0.222. The average molecular weight is 338 g/mol. The second-order valence-electron chi connectivity index (χ2n) is 6.29. The normalized spacial score (nSPS) is 16.2. The first-order valence-electron chi connectivity index (χ1n) is 7.88. The number of esters is 2. The monoisotopic (exact) mass is 338 g/mol. The van der Waals surface area contributed by atoms with Gasteiger partial charge in [-0.1, -0.05) is 36.4 Å². The van der Waals surface area contributed by atoms with Gasteiger partial charge in [-0.25, -0.2) is 9.59 Å². The van der Waals surface area contributed by atoms with Crippen LogP contribution < -0.4 is 0 Å². The highest BCUT2D eigenvalue weighted by molar-refractivity contribution is 6.19. The van der Waals surface area contributed by atoms with Gasteiger partial charge in [0.2, 0.25) is 0 Å². The minimum absolute atomic E-state index is 0.0326. The van der Waals surface area contributed by atoms with E-state index >= 15 is 0 Å². The Balaban J connectivity index is 1.91. The van der Waals surface area contributed by atoms with Gasteiger partial charge in [0, 0.05) is 19.4 Å². The number of hydrogen-bond acceptors (Lipinski definition) is 5. The SMILES string of the molecule is CC1(C)OC(=O)C(=Cc2cc(Cc3ccccc3)ccc2O)C(=O)O1. The summed E-state index contributed by atoms with van der Waals surface area (Å²) in [6.45, 7) is 2.97. The number of ether oxygens (including phenoxy) is 2. The van der Waals surface area contributed by atoms with Gasteiger partial charge in [0.05, 0.1) is 0 Å². The van der Waals surface area contributed by atoms with Gasteiger partial charge in [-0.15, -0.1) is 0 Å². The Bertz CT molecular complexity index is 828. The van der Waals surface area contributed by atoms with Crippen molar-refractivity contribution in [3.63, 3.8) is 0 Å². The zero-order valence-electron chi connectivity index (χ0n) is 14.0. The number of rotatable bonds is 3. The van der Waals surface area contributed by atoms with Crippen LogP contribution in [0.5, 0.6) is 5.75 Å². The molecule has 0 aliphatic carbocycles. The fourth-order valence-corrected chi connectivity index (χ4v) is 2.60. The van der Waals surface area contributed by atoms with Gasteiger partial charge in [-0.3, -0.25) is 0 Å². The highest BCUT2D eigenvalue weighted by Crippen LogP contribution is 2.27. The Kier molecular flexibility index (Phi) is 4.31. The third-order valence-electron chi connectivity index (χ3n) is 3.76. The van der Waals surface area contributed by atoms with Crippen LogP contribution in [0.15, 0.2) is 54.1 Å². The largest absolute Gasteiger partial charge is 0.507 e. The van der Waals surface area contributed by atoms with Crippen LogP contribution in [0.4, 0.5) is 0 Å². The number of carbonyl (C=O) groups is 2. The van der Waals surface area contributed by atoms with Crippen molar-refractivity contribution in [2.75, 3.05) is 0 Å². The molecule has 1 heterocycles. The number of carbonyl (C=O) groups excluding carboxylic acids is 2. The summed E-state index contributed by atoms with van der Waals surface area (Å²) < 4.78 is 10.1. The number of hydrogen-bond donors (Lipinski definition) is 1. The minimum Gasteiger partial charge on any atom is -0.507 e. The standard InChI is InChI=1S/C20H18O5/c1-20(2)24-18(22)16(19(23)25-20)12-15-11-14(8-9-17(15)21)10-13-6-4-3-5-7-13/h3-9,11-12,21H,10H2,1-2H3. The fourth-order valence-electron chi connectivity index (χ4n) is 2.60. The lowest BCUT2D eigenvalue weighted by atomic mass is 10.0. The Morgan fingerprint density at radius 3 is 2.24 bits per heavy atom. The molecule has 2 aromatic carbocycles. The van der Waals surface area contributed by atoms with Crippen LogP contribution >= 0.6 is 0 Å². The highest BCUT2D eigenvalue weighted by atomic mass is 16.7. The van der Waals surface area contributed by atoms with Gasteiger partial charge in [0.25, 0.3) is 5.79 Å². The second-order valence-corrected chi connectivity index (χ2v) is 6.29. The van der Waals surface area contributed by atoms with Gasteiger partial charge in [-0.05, 0) is 35.8 Å². The molecule has 0 bridgehead atoms. The molecule has 25 heavy (non-hydrogen) atoms. The number of phenolic OH excluding ortho intramolecular Hbond substituents is 1.